The van der Waals surface area contributed by atoms with Gasteiger partial charge in [-0.25, -0.2) is 0 Å². The first-order valence-electron chi connectivity index (χ1n) is 19.7. The molecule has 0 radical (unpaired) electrons. The van der Waals surface area contributed by atoms with Crippen molar-refractivity contribution in [1.82, 2.24) is 0 Å². The quantitative estimate of drug-likeness (QED) is 0.153. The number of aliphatic hydroxyl groups is 4. The smallest absolute Gasteiger partial charge is 0.302 e. The Balaban J connectivity index is 1.23. The molecule has 5 saturated carbocycles. The van der Waals surface area contributed by atoms with Gasteiger partial charge in [0.05, 0.1) is 17.8 Å². The van der Waals surface area contributed by atoms with Crippen LogP contribution in [0.25, 0.3) is 0 Å². The fourth-order valence-corrected chi connectivity index (χ4v) is 14.1. The van der Waals surface area contributed by atoms with Gasteiger partial charge in [-0.15, -0.1) is 0 Å². The van der Waals surface area contributed by atoms with Gasteiger partial charge in [-0.3, -0.25) is 9.59 Å². The maximum atomic E-state index is 12.3. The van der Waals surface area contributed by atoms with Gasteiger partial charge < -0.3 is 44.1 Å². The molecule has 2 unspecified atom stereocenters. The van der Waals surface area contributed by atoms with E-state index in [0.29, 0.717) is 24.7 Å². The van der Waals surface area contributed by atoms with Crippen molar-refractivity contribution in [2.24, 2.45) is 50.7 Å². The van der Waals surface area contributed by atoms with E-state index in [4.69, 9.17) is 23.7 Å². The first-order valence-corrected chi connectivity index (χ1v) is 19.7. The van der Waals surface area contributed by atoms with Crippen LogP contribution >= 0.6 is 0 Å². The van der Waals surface area contributed by atoms with Crippen LogP contribution in [0.5, 0.6) is 0 Å². The van der Waals surface area contributed by atoms with E-state index in [1.807, 2.05) is 13.8 Å². The van der Waals surface area contributed by atoms with Crippen molar-refractivity contribution in [3.05, 3.63) is 0 Å². The molecule has 2 saturated heterocycles. The van der Waals surface area contributed by atoms with Gasteiger partial charge >= 0.3 is 11.9 Å². The molecule has 0 bridgehead atoms. The predicted molar refractivity (Wildman–Crippen MR) is 185 cm³/mol. The van der Waals surface area contributed by atoms with Crippen molar-refractivity contribution in [3.63, 3.8) is 0 Å². The second kappa shape index (κ2) is 12.3. The number of rotatable bonds is 9. The second-order valence-corrected chi connectivity index (χ2v) is 19.6. The van der Waals surface area contributed by atoms with Crippen LogP contribution in [0.1, 0.15) is 120 Å². The lowest BCUT2D eigenvalue weighted by Gasteiger charge is -2.69. The van der Waals surface area contributed by atoms with Crippen LogP contribution in [0, 0.1) is 50.7 Å². The molecule has 0 spiro atoms. The van der Waals surface area contributed by atoms with Gasteiger partial charge in [0.25, 0.3) is 0 Å². The van der Waals surface area contributed by atoms with Gasteiger partial charge in [0.15, 0.2) is 6.29 Å². The number of hydrogen-bond acceptors (Lipinski definition) is 11. The minimum atomic E-state index is -1.55. The van der Waals surface area contributed by atoms with Crippen LogP contribution < -0.4 is 0 Å². The zero-order valence-electron chi connectivity index (χ0n) is 32.2. The van der Waals surface area contributed by atoms with E-state index in [0.717, 1.165) is 44.9 Å². The van der Waals surface area contributed by atoms with E-state index in [1.54, 1.807) is 0 Å². The van der Waals surface area contributed by atoms with Gasteiger partial charge in [-0.05, 0) is 112 Å². The highest BCUT2D eigenvalue weighted by atomic mass is 16.7. The van der Waals surface area contributed by atoms with Crippen molar-refractivity contribution in [2.45, 2.75) is 181 Å². The fourth-order valence-electron chi connectivity index (χ4n) is 14.1. The minimum absolute atomic E-state index is 0.00651. The average Bonchev–Trinajstić information content (AvgIpc) is 3.87. The summed E-state index contributed by atoms with van der Waals surface area (Å²) in [6.07, 6.45) is 0.542. The standard InChI is InChI=1S/C40H64O11/c1-20(16-24(43)33-36(6,7)51-33)23-10-15-40-19-39(23,40)14-11-26-37(8)13-12-28(48-22(3)42)35(4,5)27(37)17-29(38(26,40)9)50-34-32(46)31(45)30(44)25(49-34)18-47-21(2)41/h20,23-34,43-46H,10-19H2,1-9H3/t20-,23+,24?,25-,26-,27+,28-,29-,30-,31+,32-,33?,34+,37-,38+,39-,40-/m1/s1. The molecule has 0 aromatic heterocycles. The molecule has 11 nitrogen and oxygen atoms in total. The van der Waals surface area contributed by atoms with Crippen molar-refractivity contribution in [3.8, 4) is 0 Å². The molecular weight excluding hydrogens is 656 g/mol. The monoisotopic (exact) mass is 720 g/mol. The summed E-state index contributed by atoms with van der Waals surface area (Å²) in [4.78, 5) is 23.9. The Morgan fingerprint density at radius 1 is 0.863 bits per heavy atom. The van der Waals surface area contributed by atoms with Crippen molar-refractivity contribution >= 4 is 11.9 Å². The van der Waals surface area contributed by atoms with E-state index in [2.05, 4.69) is 34.6 Å². The second-order valence-electron chi connectivity index (χ2n) is 19.6. The van der Waals surface area contributed by atoms with Crippen molar-refractivity contribution < 1.29 is 53.7 Å². The molecule has 290 valence electrons. The molecule has 2 aliphatic heterocycles. The third-order valence-electron chi connectivity index (χ3n) is 16.5. The van der Waals surface area contributed by atoms with Crippen LogP contribution in [0.3, 0.4) is 0 Å². The number of ether oxygens (including phenoxy) is 5. The Morgan fingerprint density at radius 3 is 2.18 bits per heavy atom. The number of aliphatic hydroxyl groups excluding tert-OH is 4. The van der Waals surface area contributed by atoms with Crippen LogP contribution in [-0.4, -0.2) is 99.7 Å². The van der Waals surface area contributed by atoms with E-state index in [1.165, 1.54) is 13.8 Å². The van der Waals surface area contributed by atoms with Crippen molar-refractivity contribution in [2.75, 3.05) is 6.61 Å². The number of esters is 2. The molecule has 0 amide bonds. The predicted octanol–water partition coefficient (Wildman–Crippen LogP) is 4.29. The van der Waals surface area contributed by atoms with Gasteiger partial charge in [-0.1, -0.05) is 34.6 Å². The number of epoxide rings is 1. The number of hydrogen-bond donors (Lipinski definition) is 4. The van der Waals surface area contributed by atoms with E-state index >= 15 is 0 Å². The Hall–Kier alpha value is -1.34. The summed E-state index contributed by atoms with van der Waals surface area (Å²) < 4.78 is 30.2. The Morgan fingerprint density at radius 2 is 1.55 bits per heavy atom. The highest BCUT2D eigenvalue weighted by molar-refractivity contribution is 5.66. The molecule has 7 fully saturated rings. The van der Waals surface area contributed by atoms with Crippen LogP contribution in [-0.2, 0) is 33.3 Å². The summed E-state index contributed by atoms with van der Waals surface area (Å²) in [7, 11) is 0. The van der Waals surface area contributed by atoms with Gasteiger partial charge in [0, 0.05) is 24.7 Å². The highest BCUT2D eigenvalue weighted by Crippen LogP contribution is 2.91. The third-order valence-corrected chi connectivity index (χ3v) is 16.5. The molecule has 4 N–H and O–H groups in total. The Kier molecular flexibility index (Phi) is 9.18. The first kappa shape index (κ1) is 38.0. The highest BCUT2D eigenvalue weighted by Gasteiger charge is 2.85. The molecular formula is C40H64O11. The molecule has 7 rings (SSSR count). The fraction of sp³-hybridized carbons (Fsp3) is 0.950. The largest absolute Gasteiger partial charge is 0.463 e. The van der Waals surface area contributed by atoms with Crippen molar-refractivity contribution in [1.29, 1.82) is 0 Å². The lowest BCUT2D eigenvalue weighted by molar-refractivity contribution is -0.344. The van der Waals surface area contributed by atoms with E-state index in [9.17, 15) is 30.0 Å². The van der Waals surface area contributed by atoms with Gasteiger partial charge in [-0.2, -0.15) is 0 Å². The maximum absolute atomic E-state index is 12.3. The summed E-state index contributed by atoms with van der Waals surface area (Å²) in [6, 6.07) is 0. The third kappa shape index (κ3) is 5.51. The normalized spacial score (nSPS) is 51.5. The summed E-state index contributed by atoms with van der Waals surface area (Å²) in [6.45, 7) is 18.2. The minimum Gasteiger partial charge on any atom is -0.463 e. The molecule has 5 aliphatic carbocycles. The molecule has 7 aliphatic rings. The van der Waals surface area contributed by atoms with Crippen LogP contribution in [0.4, 0.5) is 0 Å². The summed E-state index contributed by atoms with van der Waals surface area (Å²) in [5, 5.41) is 44.3. The van der Waals surface area contributed by atoms with E-state index in [-0.39, 0.29) is 75.4 Å². The molecule has 2 heterocycles. The van der Waals surface area contributed by atoms with E-state index < -0.39 is 42.8 Å². The summed E-state index contributed by atoms with van der Waals surface area (Å²) in [5.74, 6) is 0.407. The Bertz CT molecular complexity index is 1380. The zero-order valence-corrected chi connectivity index (χ0v) is 32.2. The number of carbonyl (C=O) groups excluding carboxylic acids is 2. The molecule has 0 aromatic rings. The maximum Gasteiger partial charge on any atom is 0.302 e. The summed E-state index contributed by atoms with van der Waals surface area (Å²) >= 11 is 0. The first-order chi connectivity index (χ1) is 23.7. The summed E-state index contributed by atoms with van der Waals surface area (Å²) in [5.41, 5.74) is -0.829. The number of carbonyl (C=O) groups is 2. The molecule has 17 atom stereocenters. The lowest BCUT2D eigenvalue weighted by Crippen LogP contribution is -2.68. The SMILES string of the molecule is CC(=O)OC[C@H]1O[C@@H](O[C@@H]2C[C@H]3C(C)(C)[C@H](OC(C)=O)CC[C@]3(C)[C@H]3CC[C@]45C[C@]4(CC[C@H]5[C@H](C)CC(O)C4OC4(C)C)[C@@]32C)[C@H](O)[C@@H](O)[C@@H]1O. The Labute approximate surface area is 303 Å². The molecule has 11 heteroatoms. The molecule has 0 aromatic carbocycles. The van der Waals surface area contributed by atoms with Crippen LogP contribution in [0.2, 0.25) is 0 Å². The van der Waals surface area contributed by atoms with Gasteiger partial charge in [0.2, 0.25) is 0 Å². The van der Waals surface area contributed by atoms with Crippen LogP contribution in [0.15, 0.2) is 0 Å². The lowest BCUT2D eigenvalue weighted by atomic mass is 9.37. The zero-order chi connectivity index (χ0) is 37.3. The molecule has 51 heavy (non-hydrogen) atoms. The average molecular weight is 721 g/mol. The topological polar surface area (TPSA) is 165 Å². The van der Waals surface area contributed by atoms with Gasteiger partial charge in [0.1, 0.15) is 43.2 Å². The number of fused-ring (bicyclic) bond motifs is 3.